The van der Waals surface area contributed by atoms with Gasteiger partial charge in [0.15, 0.2) is 9.84 Å². The van der Waals surface area contributed by atoms with Crippen molar-refractivity contribution in [1.82, 2.24) is 14.8 Å². The van der Waals surface area contributed by atoms with Gasteiger partial charge in [0.25, 0.3) is 11.8 Å². The van der Waals surface area contributed by atoms with Crippen LogP contribution in [-0.2, 0) is 9.84 Å². The van der Waals surface area contributed by atoms with E-state index < -0.39 is 9.84 Å². The third-order valence-electron chi connectivity index (χ3n) is 4.67. The minimum absolute atomic E-state index is 0.00897. The molecule has 1 saturated heterocycles. The molecule has 0 saturated carbocycles. The lowest BCUT2D eigenvalue weighted by Crippen LogP contribution is -2.41. The van der Waals surface area contributed by atoms with Crippen LogP contribution in [0.15, 0.2) is 18.3 Å². The van der Waals surface area contributed by atoms with Crippen LogP contribution < -0.4 is 0 Å². The molecular formula is C18H27N3O4S. The van der Waals surface area contributed by atoms with Gasteiger partial charge in [-0.1, -0.05) is 13.3 Å². The predicted molar refractivity (Wildman–Crippen MR) is 99.9 cm³/mol. The third-order valence-corrected chi connectivity index (χ3v) is 6.42. The maximum atomic E-state index is 12.8. The van der Waals surface area contributed by atoms with Crippen molar-refractivity contribution < 1.29 is 18.0 Å². The molecule has 1 aromatic heterocycles. The summed E-state index contributed by atoms with van der Waals surface area (Å²) >= 11 is 0. The maximum Gasteiger partial charge on any atom is 0.272 e. The number of aromatic nitrogens is 1. The first-order chi connectivity index (χ1) is 12.3. The highest BCUT2D eigenvalue weighted by Crippen LogP contribution is 2.20. The quantitative estimate of drug-likeness (QED) is 0.716. The summed E-state index contributed by atoms with van der Waals surface area (Å²) in [4.78, 5) is 32.6. The van der Waals surface area contributed by atoms with Crippen molar-refractivity contribution in [3.05, 3.63) is 29.6 Å². The Hall–Kier alpha value is -1.96. The summed E-state index contributed by atoms with van der Waals surface area (Å²) in [5.74, 6) is -0.387. The van der Waals surface area contributed by atoms with Gasteiger partial charge in [-0.05, 0) is 31.9 Å². The summed E-state index contributed by atoms with van der Waals surface area (Å²) in [7, 11) is -1.35. The Morgan fingerprint density at radius 3 is 2.58 bits per heavy atom. The Balaban J connectivity index is 2.17. The number of hydrogen-bond donors (Lipinski definition) is 0. The highest BCUT2D eigenvalue weighted by Gasteiger charge is 2.34. The van der Waals surface area contributed by atoms with Crippen LogP contribution in [0.25, 0.3) is 0 Å². The van der Waals surface area contributed by atoms with Gasteiger partial charge < -0.3 is 9.80 Å². The van der Waals surface area contributed by atoms with Gasteiger partial charge in [0.2, 0.25) is 0 Å². The van der Waals surface area contributed by atoms with E-state index in [1.54, 1.807) is 22.9 Å². The Bertz CT molecular complexity index is 763. The van der Waals surface area contributed by atoms with Crippen LogP contribution in [0.2, 0.25) is 0 Å². The molecule has 1 unspecified atom stereocenters. The average molecular weight is 381 g/mol. The van der Waals surface area contributed by atoms with E-state index in [0.717, 1.165) is 12.8 Å². The molecule has 0 aliphatic carbocycles. The molecule has 0 spiro atoms. The normalized spacial score (nSPS) is 18.5. The maximum absolute atomic E-state index is 12.8. The van der Waals surface area contributed by atoms with E-state index in [4.69, 9.17) is 0 Å². The average Bonchev–Trinajstić information content (AvgIpc) is 2.99. The lowest BCUT2D eigenvalue weighted by atomic mass is 10.1. The minimum Gasteiger partial charge on any atom is -0.342 e. The fourth-order valence-corrected chi connectivity index (χ4v) is 4.86. The van der Waals surface area contributed by atoms with Crippen molar-refractivity contribution in [3.8, 4) is 0 Å². The molecule has 144 valence electrons. The number of carbonyl (C=O) groups excluding carboxylic acids is 2. The molecule has 0 N–H and O–H groups in total. The second-order valence-corrected chi connectivity index (χ2v) is 8.89. The molecule has 8 heteroatoms. The molecule has 1 aromatic rings. The van der Waals surface area contributed by atoms with Gasteiger partial charge in [-0.3, -0.25) is 14.6 Å². The first-order valence-corrected chi connectivity index (χ1v) is 10.8. The van der Waals surface area contributed by atoms with Gasteiger partial charge in [-0.15, -0.1) is 0 Å². The molecular weight excluding hydrogens is 354 g/mol. The first kappa shape index (κ1) is 20.4. The van der Waals surface area contributed by atoms with Gasteiger partial charge >= 0.3 is 0 Å². The second-order valence-electron chi connectivity index (χ2n) is 6.66. The Kier molecular flexibility index (Phi) is 6.75. The number of pyridine rings is 1. The number of carbonyl (C=O) groups is 2. The van der Waals surface area contributed by atoms with E-state index in [9.17, 15) is 18.0 Å². The molecule has 2 heterocycles. The molecule has 0 radical (unpaired) electrons. The second kappa shape index (κ2) is 8.62. The summed E-state index contributed by atoms with van der Waals surface area (Å²) in [6.07, 6.45) is 3.81. The summed E-state index contributed by atoms with van der Waals surface area (Å²) in [6.45, 7) is 4.93. The van der Waals surface area contributed by atoms with Gasteiger partial charge in [-0.2, -0.15) is 0 Å². The summed E-state index contributed by atoms with van der Waals surface area (Å²) in [6, 6.07) is 2.77. The fourth-order valence-electron chi connectivity index (χ4n) is 3.13. The molecule has 7 nitrogen and oxygen atoms in total. The summed E-state index contributed by atoms with van der Waals surface area (Å²) in [5.41, 5.74) is 0.586. The van der Waals surface area contributed by atoms with Gasteiger partial charge in [0.05, 0.1) is 11.5 Å². The molecule has 1 aliphatic heterocycles. The molecule has 26 heavy (non-hydrogen) atoms. The van der Waals surface area contributed by atoms with Crippen LogP contribution in [0.5, 0.6) is 0 Å². The van der Waals surface area contributed by atoms with Crippen molar-refractivity contribution in [1.29, 1.82) is 0 Å². The zero-order chi connectivity index (χ0) is 19.3. The van der Waals surface area contributed by atoms with Gasteiger partial charge in [0.1, 0.15) is 5.69 Å². The smallest absolute Gasteiger partial charge is 0.272 e. The highest BCUT2D eigenvalue weighted by atomic mass is 32.2. The number of sulfone groups is 1. The standard InChI is InChI=1S/C18H27N3O4S/c1-4-6-10-20(3)17(22)14-7-9-19-16(12-14)18(23)21(5-2)15-8-11-26(24,25)13-15/h7,9,12,15H,4-6,8,10-11,13H2,1-3H3. The van der Waals surface area contributed by atoms with Crippen molar-refractivity contribution in [2.24, 2.45) is 0 Å². The van der Waals surface area contributed by atoms with Crippen LogP contribution >= 0.6 is 0 Å². The van der Waals surface area contributed by atoms with Crippen molar-refractivity contribution >= 4 is 21.7 Å². The summed E-state index contributed by atoms with van der Waals surface area (Å²) in [5, 5.41) is 0. The van der Waals surface area contributed by atoms with Crippen LogP contribution in [0.3, 0.4) is 0 Å². The molecule has 2 amide bonds. The number of unbranched alkanes of at least 4 members (excludes halogenated alkanes) is 1. The molecule has 2 rings (SSSR count). The van der Waals surface area contributed by atoms with E-state index >= 15 is 0 Å². The monoisotopic (exact) mass is 381 g/mol. The molecule has 0 aromatic carbocycles. The topological polar surface area (TPSA) is 87.7 Å². The van der Waals surface area contributed by atoms with Crippen molar-refractivity contribution in [2.75, 3.05) is 31.6 Å². The van der Waals surface area contributed by atoms with Crippen LogP contribution in [-0.4, -0.2) is 72.7 Å². The largest absolute Gasteiger partial charge is 0.342 e. The summed E-state index contributed by atoms with van der Waals surface area (Å²) < 4.78 is 23.4. The molecule has 1 aliphatic rings. The van der Waals surface area contributed by atoms with Gasteiger partial charge in [-0.25, -0.2) is 8.42 Å². The van der Waals surface area contributed by atoms with Crippen molar-refractivity contribution in [3.63, 3.8) is 0 Å². The number of hydrogen-bond acceptors (Lipinski definition) is 5. The molecule has 1 atom stereocenters. The zero-order valence-corrected chi connectivity index (χ0v) is 16.5. The molecule has 1 fully saturated rings. The van der Waals surface area contributed by atoms with Gasteiger partial charge in [0, 0.05) is 37.9 Å². The lowest BCUT2D eigenvalue weighted by molar-refractivity contribution is 0.0702. The number of amides is 2. The van der Waals surface area contributed by atoms with E-state index in [2.05, 4.69) is 11.9 Å². The lowest BCUT2D eigenvalue weighted by Gasteiger charge is -2.26. The van der Waals surface area contributed by atoms with Crippen LogP contribution in [0, 0.1) is 0 Å². The Morgan fingerprint density at radius 1 is 1.27 bits per heavy atom. The Morgan fingerprint density at radius 2 is 2.00 bits per heavy atom. The fraction of sp³-hybridized carbons (Fsp3) is 0.611. The molecule has 0 bridgehead atoms. The number of nitrogens with zero attached hydrogens (tertiary/aromatic N) is 3. The number of rotatable bonds is 7. The minimum atomic E-state index is -3.08. The zero-order valence-electron chi connectivity index (χ0n) is 15.6. The Labute approximate surface area is 155 Å². The SMILES string of the molecule is CCCCN(C)C(=O)c1ccnc(C(=O)N(CC)C2CCS(=O)(=O)C2)c1. The van der Waals surface area contributed by atoms with Crippen LogP contribution in [0.1, 0.15) is 54.0 Å². The van der Waals surface area contributed by atoms with E-state index in [1.165, 1.54) is 12.3 Å². The van der Waals surface area contributed by atoms with Crippen molar-refractivity contribution in [2.45, 2.75) is 39.2 Å². The first-order valence-electron chi connectivity index (χ1n) is 9.02. The van der Waals surface area contributed by atoms with Crippen LogP contribution in [0.4, 0.5) is 0 Å². The van der Waals surface area contributed by atoms with E-state index in [1.807, 2.05) is 6.92 Å². The van der Waals surface area contributed by atoms with E-state index in [-0.39, 0.29) is 35.1 Å². The highest BCUT2D eigenvalue weighted by molar-refractivity contribution is 7.91. The van der Waals surface area contributed by atoms with E-state index in [0.29, 0.717) is 25.1 Å². The third kappa shape index (κ3) is 4.81. The predicted octanol–water partition coefficient (Wildman–Crippen LogP) is 1.60.